The van der Waals surface area contributed by atoms with Crippen LogP contribution < -0.4 is 15.4 Å². The van der Waals surface area contributed by atoms with Crippen molar-refractivity contribution in [3.05, 3.63) is 52.7 Å². The van der Waals surface area contributed by atoms with Crippen LogP contribution in [0.5, 0.6) is 5.75 Å². The Morgan fingerprint density at radius 2 is 1.92 bits per heavy atom. The number of hydrogen-bond donors (Lipinski definition) is 3. The van der Waals surface area contributed by atoms with Gasteiger partial charge in [-0.05, 0) is 31.2 Å². The molecular weight excluding hydrogens is 342 g/mol. The summed E-state index contributed by atoms with van der Waals surface area (Å²) in [4.78, 5) is 28.4. The van der Waals surface area contributed by atoms with Gasteiger partial charge >= 0.3 is 0 Å². The Labute approximate surface area is 147 Å². The van der Waals surface area contributed by atoms with Crippen LogP contribution in [0.15, 0.2) is 35.7 Å². The van der Waals surface area contributed by atoms with Crippen molar-refractivity contribution < 1.29 is 14.3 Å². The largest absolute Gasteiger partial charge is 0.497 e. The monoisotopic (exact) mass is 357 g/mol. The highest BCUT2D eigenvalue weighted by Crippen LogP contribution is 2.18. The number of aryl methyl sites for hydroxylation is 1. The van der Waals surface area contributed by atoms with Gasteiger partial charge in [0.05, 0.1) is 7.11 Å². The van der Waals surface area contributed by atoms with Crippen LogP contribution in [0.3, 0.4) is 0 Å². The SMILES string of the molecule is COc1ccc(C(=O)Nc2nc(C(=O)Nc3cc(C)[nH]n3)cs2)cc1. The molecule has 0 aliphatic rings. The van der Waals surface area contributed by atoms with Crippen LogP contribution in [-0.4, -0.2) is 34.1 Å². The Kier molecular flexibility index (Phi) is 4.75. The minimum Gasteiger partial charge on any atom is -0.497 e. The molecule has 3 aromatic rings. The van der Waals surface area contributed by atoms with Gasteiger partial charge in [0.1, 0.15) is 11.4 Å². The summed E-state index contributed by atoms with van der Waals surface area (Å²) >= 11 is 1.17. The summed E-state index contributed by atoms with van der Waals surface area (Å²) in [5, 5.41) is 13.9. The maximum absolute atomic E-state index is 12.2. The van der Waals surface area contributed by atoms with Gasteiger partial charge in [0.15, 0.2) is 10.9 Å². The summed E-state index contributed by atoms with van der Waals surface area (Å²) in [6.45, 7) is 1.83. The third-order valence-electron chi connectivity index (χ3n) is 3.26. The van der Waals surface area contributed by atoms with E-state index in [0.717, 1.165) is 5.69 Å². The van der Waals surface area contributed by atoms with Crippen LogP contribution in [0.25, 0.3) is 0 Å². The molecule has 0 unspecified atom stereocenters. The van der Waals surface area contributed by atoms with E-state index in [9.17, 15) is 9.59 Å². The van der Waals surface area contributed by atoms with Gasteiger partial charge in [-0.15, -0.1) is 11.3 Å². The van der Waals surface area contributed by atoms with Crippen LogP contribution in [0.1, 0.15) is 26.5 Å². The number of anilines is 2. The van der Waals surface area contributed by atoms with Crippen molar-refractivity contribution in [2.45, 2.75) is 6.92 Å². The molecule has 0 radical (unpaired) electrons. The number of amides is 2. The number of hydrogen-bond acceptors (Lipinski definition) is 6. The van der Waals surface area contributed by atoms with Gasteiger partial charge < -0.3 is 10.1 Å². The number of carbonyl (C=O) groups excluding carboxylic acids is 2. The Morgan fingerprint density at radius 1 is 1.16 bits per heavy atom. The van der Waals surface area contributed by atoms with Gasteiger partial charge in [-0.1, -0.05) is 0 Å². The molecular formula is C16H15N5O3S. The van der Waals surface area contributed by atoms with Crippen molar-refractivity contribution in [3.8, 4) is 5.75 Å². The normalized spacial score (nSPS) is 10.3. The van der Waals surface area contributed by atoms with Gasteiger partial charge in [-0.3, -0.25) is 20.0 Å². The minimum atomic E-state index is -0.396. The first kappa shape index (κ1) is 16.7. The highest BCUT2D eigenvalue weighted by molar-refractivity contribution is 7.14. The Bertz CT molecular complexity index is 901. The molecule has 0 aliphatic carbocycles. The van der Waals surface area contributed by atoms with Crippen molar-refractivity contribution >= 4 is 34.1 Å². The molecule has 0 atom stereocenters. The summed E-state index contributed by atoms with van der Waals surface area (Å²) in [7, 11) is 1.56. The number of rotatable bonds is 5. The lowest BCUT2D eigenvalue weighted by atomic mass is 10.2. The molecule has 25 heavy (non-hydrogen) atoms. The van der Waals surface area contributed by atoms with E-state index in [1.807, 2.05) is 6.92 Å². The third-order valence-corrected chi connectivity index (χ3v) is 4.01. The number of nitrogens with zero attached hydrogens (tertiary/aromatic N) is 2. The molecule has 2 amide bonds. The van der Waals surface area contributed by atoms with Gasteiger partial charge in [0.25, 0.3) is 11.8 Å². The quantitative estimate of drug-likeness (QED) is 0.650. The van der Waals surface area contributed by atoms with E-state index in [0.29, 0.717) is 22.3 Å². The lowest BCUT2D eigenvalue weighted by Crippen LogP contribution is -2.14. The lowest BCUT2D eigenvalue weighted by Gasteiger charge is -2.03. The first-order valence-electron chi connectivity index (χ1n) is 7.29. The van der Waals surface area contributed by atoms with Gasteiger partial charge in [0.2, 0.25) is 0 Å². The maximum atomic E-state index is 12.2. The molecule has 128 valence electrons. The topological polar surface area (TPSA) is 109 Å². The summed E-state index contributed by atoms with van der Waals surface area (Å²) in [6.07, 6.45) is 0. The molecule has 8 nitrogen and oxygen atoms in total. The molecule has 3 N–H and O–H groups in total. The predicted octanol–water partition coefficient (Wildman–Crippen LogP) is 2.69. The average Bonchev–Trinajstić information content (AvgIpc) is 3.24. The second-order valence-electron chi connectivity index (χ2n) is 5.11. The van der Waals surface area contributed by atoms with E-state index in [4.69, 9.17) is 4.74 Å². The molecule has 1 aromatic carbocycles. The van der Waals surface area contributed by atoms with Crippen molar-refractivity contribution in [3.63, 3.8) is 0 Å². The van der Waals surface area contributed by atoms with Gasteiger partial charge in [0, 0.05) is 22.7 Å². The van der Waals surface area contributed by atoms with Gasteiger partial charge in [-0.2, -0.15) is 5.10 Å². The zero-order chi connectivity index (χ0) is 17.8. The maximum Gasteiger partial charge on any atom is 0.276 e. The first-order chi connectivity index (χ1) is 12.0. The first-order valence-corrected chi connectivity index (χ1v) is 8.17. The van der Waals surface area contributed by atoms with Crippen LogP contribution in [0.2, 0.25) is 0 Å². The number of carbonyl (C=O) groups is 2. The number of benzene rings is 1. The van der Waals surface area contributed by atoms with E-state index < -0.39 is 5.91 Å². The summed E-state index contributed by atoms with van der Waals surface area (Å²) in [6, 6.07) is 8.39. The molecule has 0 fully saturated rings. The second-order valence-corrected chi connectivity index (χ2v) is 5.97. The standard InChI is InChI=1S/C16H15N5O3S/c1-9-7-13(21-20-9)18-15(23)12-8-25-16(17-12)19-14(22)10-3-5-11(24-2)6-4-10/h3-8H,1-2H3,(H,17,19,22)(H2,18,20,21,23). The number of nitrogens with one attached hydrogen (secondary N) is 3. The highest BCUT2D eigenvalue weighted by atomic mass is 32.1. The number of aromatic amines is 1. The summed E-state index contributed by atoms with van der Waals surface area (Å²) in [5.41, 5.74) is 1.51. The molecule has 2 heterocycles. The van der Waals surface area contributed by atoms with Crippen molar-refractivity contribution in [2.75, 3.05) is 17.7 Å². The number of aromatic nitrogens is 3. The van der Waals surface area contributed by atoms with E-state index in [2.05, 4.69) is 25.8 Å². The number of thiazole rings is 1. The van der Waals surface area contributed by atoms with Crippen molar-refractivity contribution in [1.82, 2.24) is 15.2 Å². The van der Waals surface area contributed by atoms with E-state index >= 15 is 0 Å². The van der Waals surface area contributed by atoms with Crippen molar-refractivity contribution in [1.29, 1.82) is 0 Å². The highest BCUT2D eigenvalue weighted by Gasteiger charge is 2.14. The molecule has 2 aromatic heterocycles. The van der Waals surface area contributed by atoms with Crippen LogP contribution >= 0.6 is 11.3 Å². The minimum absolute atomic E-state index is 0.204. The van der Waals surface area contributed by atoms with Crippen LogP contribution in [0, 0.1) is 6.92 Å². The average molecular weight is 357 g/mol. The smallest absolute Gasteiger partial charge is 0.276 e. The zero-order valence-corrected chi connectivity index (χ0v) is 14.3. The van der Waals surface area contributed by atoms with E-state index in [1.165, 1.54) is 11.3 Å². The van der Waals surface area contributed by atoms with Crippen LogP contribution in [-0.2, 0) is 0 Å². The Balaban J connectivity index is 1.64. The number of H-pyrrole nitrogens is 1. The lowest BCUT2D eigenvalue weighted by molar-refractivity contribution is 0.101. The molecule has 3 rings (SSSR count). The van der Waals surface area contributed by atoms with Crippen molar-refractivity contribution in [2.24, 2.45) is 0 Å². The van der Waals surface area contributed by atoms with Crippen LogP contribution in [0.4, 0.5) is 10.9 Å². The molecule has 0 spiro atoms. The van der Waals surface area contributed by atoms with E-state index in [-0.39, 0.29) is 11.6 Å². The Morgan fingerprint density at radius 3 is 2.56 bits per heavy atom. The number of ether oxygens (including phenoxy) is 1. The third kappa shape index (κ3) is 4.01. The zero-order valence-electron chi connectivity index (χ0n) is 13.5. The molecule has 0 bridgehead atoms. The van der Waals surface area contributed by atoms with Gasteiger partial charge in [-0.25, -0.2) is 4.98 Å². The number of methoxy groups -OCH3 is 1. The fraction of sp³-hybridized carbons (Fsp3) is 0.125. The summed E-state index contributed by atoms with van der Waals surface area (Å²) < 4.78 is 5.05. The second kappa shape index (κ2) is 7.14. The Hall–Kier alpha value is -3.20. The predicted molar refractivity (Wildman–Crippen MR) is 94.3 cm³/mol. The molecule has 0 saturated heterocycles. The fourth-order valence-electron chi connectivity index (χ4n) is 2.01. The van der Waals surface area contributed by atoms with E-state index in [1.54, 1.807) is 42.8 Å². The fourth-order valence-corrected chi connectivity index (χ4v) is 2.70. The molecule has 9 heteroatoms. The molecule has 0 saturated carbocycles. The molecule has 0 aliphatic heterocycles. The summed E-state index contributed by atoms with van der Waals surface area (Å²) in [5.74, 6) is 0.372.